The van der Waals surface area contributed by atoms with Gasteiger partial charge in [0, 0.05) is 32.7 Å². The van der Waals surface area contributed by atoms with Gasteiger partial charge in [-0.1, -0.05) is 48.6 Å². The number of benzene rings is 1. The third-order valence-corrected chi connectivity index (χ3v) is 5.34. The van der Waals surface area contributed by atoms with E-state index >= 15 is 0 Å². The van der Waals surface area contributed by atoms with Crippen molar-refractivity contribution in [3.8, 4) is 0 Å². The molecular weight excluding hydrogens is 324 g/mol. The van der Waals surface area contributed by atoms with Crippen LogP contribution in [0.15, 0.2) is 49.1 Å². The Kier molecular flexibility index (Phi) is 6.75. The van der Waals surface area contributed by atoms with Crippen LogP contribution < -0.4 is 0 Å². The van der Waals surface area contributed by atoms with E-state index in [2.05, 4.69) is 35.8 Å². The van der Waals surface area contributed by atoms with E-state index in [1.54, 1.807) is 4.90 Å². The molecule has 0 bridgehead atoms. The molecule has 1 saturated heterocycles. The minimum atomic E-state index is -3.37. The van der Waals surface area contributed by atoms with Gasteiger partial charge in [0.1, 0.15) is 5.75 Å². The molecule has 0 aromatic heterocycles. The Morgan fingerprint density at radius 1 is 1.12 bits per heavy atom. The Labute approximate surface area is 144 Å². The average molecular weight is 348 g/mol. The number of hydrogen-bond acceptors (Lipinski definition) is 4. The van der Waals surface area contributed by atoms with E-state index in [1.165, 1.54) is 11.6 Å². The van der Waals surface area contributed by atoms with Gasteiger partial charge in [-0.25, -0.2) is 8.42 Å². The normalized spacial score (nSPS) is 16.4. The van der Waals surface area contributed by atoms with Gasteiger partial charge in [-0.3, -0.25) is 9.69 Å². The van der Waals surface area contributed by atoms with Crippen LogP contribution in [0, 0.1) is 0 Å². The molecule has 1 aromatic carbocycles. The van der Waals surface area contributed by atoms with Crippen LogP contribution >= 0.6 is 0 Å². The number of nitrogens with zero attached hydrogens (tertiary/aromatic N) is 2. The number of rotatable bonds is 7. The third-order valence-electron chi connectivity index (χ3n) is 3.91. The standard InChI is InChI=1S/C18H24N2O3S/c1-2-15-24(22,23)16-18(21)20-13-11-19(12-14-20)10-6-9-17-7-4-3-5-8-17/h2-9H,1,10-16H2/b9-6+. The van der Waals surface area contributed by atoms with Crippen molar-refractivity contribution in [3.63, 3.8) is 0 Å². The van der Waals surface area contributed by atoms with Crippen molar-refractivity contribution in [1.29, 1.82) is 0 Å². The van der Waals surface area contributed by atoms with E-state index in [4.69, 9.17) is 0 Å². The molecule has 0 saturated carbocycles. The SMILES string of the molecule is C=CCS(=O)(=O)CC(=O)N1CCN(C/C=C/c2ccccc2)CC1. The molecule has 1 amide bonds. The Morgan fingerprint density at radius 2 is 1.79 bits per heavy atom. The molecule has 0 aliphatic carbocycles. The molecule has 0 unspecified atom stereocenters. The van der Waals surface area contributed by atoms with E-state index in [0.717, 1.165) is 19.6 Å². The lowest BCUT2D eigenvalue weighted by Crippen LogP contribution is -2.50. The maximum Gasteiger partial charge on any atom is 0.237 e. The molecule has 24 heavy (non-hydrogen) atoms. The predicted molar refractivity (Wildman–Crippen MR) is 97.3 cm³/mol. The second-order valence-electron chi connectivity index (χ2n) is 5.84. The minimum Gasteiger partial charge on any atom is -0.339 e. The molecule has 1 aromatic rings. The second kappa shape index (κ2) is 8.80. The summed E-state index contributed by atoms with van der Waals surface area (Å²) in [6.45, 7) is 6.89. The molecule has 5 nitrogen and oxygen atoms in total. The minimum absolute atomic E-state index is 0.150. The molecule has 1 heterocycles. The summed E-state index contributed by atoms with van der Waals surface area (Å²) < 4.78 is 23.4. The first kappa shape index (κ1) is 18.4. The Hall–Kier alpha value is -1.92. The van der Waals surface area contributed by atoms with Gasteiger partial charge in [-0.05, 0) is 5.56 Å². The van der Waals surface area contributed by atoms with Crippen LogP contribution in [0.5, 0.6) is 0 Å². The smallest absolute Gasteiger partial charge is 0.237 e. The molecule has 1 fully saturated rings. The molecule has 2 rings (SSSR count). The fourth-order valence-corrected chi connectivity index (χ4v) is 3.64. The molecule has 0 radical (unpaired) electrons. The molecule has 1 aliphatic rings. The second-order valence-corrected chi connectivity index (χ2v) is 7.95. The molecule has 0 N–H and O–H groups in total. The highest BCUT2D eigenvalue weighted by molar-refractivity contribution is 7.92. The maximum atomic E-state index is 12.1. The van der Waals surface area contributed by atoms with E-state index in [9.17, 15) is 13.2 Å². The van der Waals surface area contributed by atoms with E-state index < -0.39 is 15.6 Å². The van der Waals surface area contributed by atoms with Crippen molar-refractivity contribution in [2.45, 2.75) is 0 Å². The number of carbonyl (C=O) groups is 1. The largest absolute Gasteiger partial charge is 0.339 e. The summed E-state index contributed by atoms with van der Waals surface area (Å²) >= 11 is 0. The molecule has 130 valence electrons. The van der Waals surface area contributed by atoms with Gasteiger partial charge >= 0.3 is 0 Å². The van der Waals surface area contributed by atoms with Crippen LogP contribution in [0.3, 0.4) is 0 Å². The van der Waals surface area contributed by atoms with Crippen molar-refractivity contribution in [2.24, 2.45) is 0 Å². The summed E-state index contributed by atoms with van der Waals surface area (Å²) in [5.41, 5.74) is 1.17. The van der Waals surface area contributed by atoms with E-state index in [0.29, 0.717) is 13.1 Å². The van der Waals surface area contributed by atoms with Gasteiger partial charge in [0.05, 0.1) is 5.75 Å². The number of amides is 1. The maximum absolute atomic E-state index is 12.1. The molecule has 0 spiro atoms. The Morgan fingerprint density at radius 3 is 2.42 bits per heavy atom. The topological polar surface area (TPSA) is 57.7 Å². The lowest BCUT2D eigenvalue weighted by atomic mass is 10.2. The first-order valence-electron chi connectivity index (χ1n) is 8.03. The van der Waals surface area contributed by atoms with Crippen LogP contribution in [0.25, 0.3) is 6.08 Å². The zero-order valence-corrected chi connectivity index (χ0v) is 14.6. The molecule has 1 aliphatic heterocycles. The highest BCUT2D eigenvalue weighted by Gasteiger charge is 2.24. The molecular formula is C18H24N2O3S. The fourth-order valence-electron chi connectivity index (χ4n) is 2.60. The summed E-state index contributed by atoms with van der Waals surface area (Å²) in [6.07, 6.45) is 5.51. The summed E-state index contributed by atoms with van der Waals surface area (Å²) in [4.78, 5) is 16.0. The lowest BCUT2D eigenvalue weighted by molar-refractivity contribution is -0.130. The van der Waals surface area contributed by atoms with Gasteiger partial charge in [-0.2, -0.15) is 0 Å². The summed E-state index contributed by atoms with van der Waals surface area (Å²) in [6, 6.07) is 10.1. The van der Waals surface area contributed by atoms with Gasteiger partial charge in [0.15, 0.2) is 9.84 Å². The third kappa shape index (κ3) is 5.94. The van der Waals surface area contributed by atoms with Crippen molar-refractivity contribution < 1.29 is 13.2 Å². The van der Waals surface area contributed by atoms with Gasteiger partial charge < -0.3 is 4.90 Å². The van der Waals surface area contributed by atoms with E-state index in [1.807, 2.05) is 18.2 Å². The zero-order chi connectivity index (χ0) is 17.4. The predicted octanol–water partition coefficient (Wildman–Crippen LogP) is 1.44. The van der Waals surface area contributed by atoms with Crippen LogP contribution in [0.2, 0.25) is 0 Å². The van der Waals surface area contributed by atoms with Crippen molar-refractivity contribution in [3.05, 3.63) is 54.6 Å². The van der Waals surface area contributed by atoms with Crippen LogP contribution in [-0.4, -0.2) is 68.4 Å². The highest BCUT2D eigenvalue weighted by Crippen LogP contribution is 2.06. The van der Waals surface area contributed by atoms with Crippen molar-refractivity contribution in [2.75, 3.05) is 44.2 Å². The Balaban J connectivity index is 1.76. The van der Waals surface area contributed by atoms with Gasteiger partial charge in [0.2, 0.25) is 5.91 Å². The lowest BCUT2D eigenvalue weighted by Gasteiger charge is -2.34. The zero-order valence-electron chi connectivity index (χ0n) is 13.8. The summed E-state index contributed by atoms with van der Waals surface area (Å²) in [5, 5.41) is 0. The first-order chi connectivity index (χ1) is 11.5. The monoisotopic (exact) mass is 348 g/mol. The Bertz CT molecular complexity index is 675. The van der Waals surface area contributed by atoms with Gasteiger partial charge in [0.25, 0.3) is 0 Å². The quantitative estimate of drug-likeness (QED) is 0.700. The number of sulfone groups is 1. The van der Waals surface area contributed by atoms with Gasteiger partial charge in [-0.15, -0.1) is 6.58 Å². The average Bonchev–Trinajstić information content (AvgIpc) is 2.56. The number of carbonyl (C=O) groups excluding carboxylic acids is 1. The fraction of sp³-hybridized carbons (Fsp3) is 0.389. The molecule has 6 heteroatoms. The molecule has 0 atom stereocenters. The van der Waals surface area contributed by atoms with Crippen LogP contribution in [-0.2, 0) is 14.6 Å². The summed E-state index contributed by atoms with van der Waals surface area (Å²) in [7, 11) is -3.37. The van der Waals surface area contributed by atoms with Crippen molar-refractivity contribution in [1.82, 2.24) is 9.80 Å². The number of hydrogen-bond donors (Lipinski definition) is 0. The number of piperazine rings is 1. The highest BCUT2D eigenvalue weighted by atomic mass is 32.2. The van der Waals surface area contributed by atoms with Crippen LogP contribution in [0.4, 0.5) is 0 Å². The first-order valence-corrected chi connectivity index (χ1v) is 9.85. The summed E-state index contributed by atoms with van der Waals surface area (Å²) in [5.74, 6) is -0.882. The van der Waals surface area contributed by atoms with E-state index in [-0.39, 0.29) is 11.7 Å². The van der Waals surface area contributed by atoms with Crippen molar-refractivity contribution >= 4 is 21.8 Å². The van der Waals surface area contributed by atoms with Crippen LogP contribution in [0.1, 0.15) is 5.56 Å².